The second kappa shape index (κ2) is 9.73. The summed E-state index contributed by atoms with van der Waals surface area (Å²) in [5.74, 6) is -0.156. The van der Waals surface area contributed by atoms with Gasteiger partial charge in [0.1, 0.15) is 5.75 Å². The van der Waals surface area contributed by atoms with Crippen molar-refractivity contribution in [1.82, 2.24) is 4.90 Å². The van der Waals surface area contributed by atoms with Gasteiger partial charge in [0.25, 0.3) is 5.91 Å². The Labute approximate surface area is 163 Å². The highest BCUT2D eigenvalue weighted by molar-refractivity contribution is 6.30. The Morgan fingerprint density at radius 2 is 1.81 bits per heavy atom. The van der Waals surface area contributed by atoms with Crippen molar-refractivity contribution >= 4 is 34.9 Å². The molecule has 0 aliphatic heterocycles. The van der Waals surface area contributed by atoms with Gasteiger partial charge < -0.3 is 15.0 Å². The first-order valence-electron chi connectivity index (χ1n) is 8.44. The van der Waals surface area contributed by atoms with Crippen LogP contribution in [-0.4, -0.2) is 42.7 Å². The predicted octanol–water partition coefficient (Wildman–Crippen LogP) is 3.41. The number of carbonyl (C=O) groups excluding carboxylic acids is 3. The van der Waals surface area contributed by atoms with Crippen LogP contribution in [0.25, 0.3) is 0 Å². The van der Waals surface area contributed by atoms with Crippen LogP contribution in [0.15, 0.2) is 48.5 Å². The number of hydrogen-bond donors (Lipinski definition) is 1. The number of rotatable bonds is 8. The van der Waals surface area contributed by atoms with Crippen molar-refractivity contribution in [3.05, 3.63) is 59.1 Å². The molecule has 0 aliphatic carbocycles. The van der Waals surface area contributed by atoms with Crippen LogP contribution in [0, 0.1) is 0 Å². The third kappa shape index (κ3) is 6.42. The molecule has 0 atom stereocenters. The zero-order valence-electron chi connectivity index (χ0n) is 15.2. The molecular weight excluding hydrogens is 368 g/mol. The van der Waals surface area contributed by atoms with Gasteiger partial charge in [0.05, 0.1) is 6.54 Å². The van der Waals surface area contributed by atoms with Crippen LogP contribution in [0.1, 0.15) is 23.7 Å². The summed E-state index contributed by atoms with van der Waals surface area (Å²) >= 11 is 5.87. The smallest absolute Gasteiger partial charge is 0.260 e. The second-order valence-electron chi connectivity index (χ2n) is 5.90. The van der Waals surface area contributed by atoms with E-state index in [1.807, 2.05) is 0 Å². The van der Waals surface area contributed by atoms with Gasteiger partial charge in [0.2, 0.25) is 5.91 Å². The number of ether oxygens (including phenoxy) is 1. The number of nitrogens with zero attached hydrogens (tertiary/aromatic N) is 1. The SMILES string of the molecule is CCC(=O)c1ccc(OCC(=O)N(C)CC(=O)Nc2cccc(Cl)c2)cc1. The van der Waals surface area contributed by atoms with Crippen LogP contribution in [0.4, 0.5) is 5.69 Å². The summed E-state index contributed by atoms with van der Waals surface area (Å²) in [6.45, 7) is 1.48. The second-order valence-corrected chi connectivity index (χ2v) is 6.33. The Morgan fingerprint density at radius 1 is 1.11 bits per heavy atom. The maximum atomic E-state index is 12.1. The van der Waals surface area contributed by atoms with Gasteiger partial charge >= 0.3 is 0 Å². The van der Waals surface area contributed by atoms with Gasteiger partial charge in [-0.1, -0.05) is 24.6 Å². The van der Waals surface area contributed by atoms with Crippen molar-refractivity contribution in [1.29, 1.82) is 0 Å². The average Bonchev–Trinajstić information content (AvgIpc) is 2.65. The van der Waals surface area contributed by atoms with Crippen LogP contribution in [0.5, 0.6) is 5.75 Å². The molecule has 6 nitrogen and oxygen atoms in total. The molecule has 0 unspecified atom stereocenters. The molecule has 0 bridgehead atoms. The van der Waals surface area contributed by atoms with Crippen molar-refractivity contribution in [2.45, 2.75) is 13.3 Å². The number of likely N-dealkylation sites (N-methyl/N-ethyl adjacent to an activating group) is 1. The quantitative estimate of drug-likeness (QED) is 0.703. The van der Waals surface area contributed by atoms with Crippen LogP contribution in [0.3, 0.4) is 0 Å². The van der Waals surface area contributed by atoms with E-state index in [9.17, 15) is 14.4 Å². The lowest BCUT2D eigenvalue weighted by molar-refractivity contribution is -0.135. The molecular formula is C20H21ClN2O4. The van der Waals surface area contributed by atoms with Crippen molar-refractivity contribution in [3.63, 3.8) is 0 Å². The maximum absolute atomic E-state index is 12.1. The van der Waals surface area contributed by atoms with E-state index in [0.717, 1.165) is 0 Å². The molecule has 0 spiro atoms. The van der Waals surface area contributed by atoms with Gasteiger partial charge in [-0.05, 0) is 42.5 Å². The first-order valence-corrected chi connectivity index (χ1v) is 8.82. The summed E-state index contributed by atoms with van der Waals surface area (Å²) in [7, 11) is 1.52. The fourth-order valence-electron chi connectivity index (χ4n) is 2.27. The molecule has 27 heavy (non-hydrogen) atoms. The minimum Gasteiger partial charge on any atom is -0.484 e. The lowest BCUT2D eigenvalue weighted by Gasteiger charge is -2.17. The maximum Gasteiger partial charge on any atom is 0.260 e. The van der Waals surface area contributed by atoms with Crippen molar-refractivity contribution < 1.29 is 19.1 Å². The molecule has 0 radical (unpaired) electrons. The first-order chi connectivity index (χ1) is 12.9. The van der Waals surface area contributed by atoms with Crippen molar-refractivity contribution in [2.24, 2.45) is 0 Å². The molecule has 142 valence electrons. The number of hydrogen-bond acceptors (Lipinski definition) is 4. The van der Waals surface area contributed by atoms with E-state index in [4.69, 9.17) is 16.3 Å². The van der Waals surface area contributed by atoms with Gasteiger partial charge in [-0.3, -0.25) is 14.4 Å². The fourth-order valence-corrected chi connectivity index (χ4v) is 2.46. The number of Topliss-reactive ketones (excluding diaryl/α,β-unsaturated/α-hetero) is 1. The summed E-state index contributed by atoms with van der Waals surface area (Å²) in [6, 6.07) is 13.4. The van der Waals surface area contributed by atoms with E-state index >= 15 is 0 Å². The lowest BCUT2D eigenvalue weighted by Crippen LogP contribution is -2.37. The number of carbonyl (C=O) groups is 3. The molecule has 2 aromatic rings. The molecule has 7 heteroatoms. The molecule has 2 amide bonds. The van der Waals surface area contributed by atoms with Gasteiger partial charge in [-0.15, -0.1) is 0 Å². The zero-order chi connectivity index (χ0) is 19.8. The lowest BCUT2D eigenvalue weighted by atomic mass is 10.1. The minimum atomic E-state index is -0.343. The molecule has 0 saturated heterocycles. The molecule has 0 saturated carbocycles. The standard InChI is InChI=1S/C20H21ClN2O4/c1-3-18(24)14-7-9-17(10-8-14)27-13-20(26)23(2)12-19(25)22-16-6-4-5-15(21)11-16/h4-11H,3,12-13H2,1-2H3,(H,22,25). The van der Waals surface area contributed by atoms with Crippen molar-refractivity contribution in [2.75, 3.05) is 25.5 Å². The van der Waals surface area contributed by atoms with Crippen LogP contribution in [0.2, 0.25) is 5.02 Å². The Kier molecular flexibility index (Phi) is 7.37. The topological polar surface area (TPSA) is 75.7 Å². The van der Waals surface area contributed by atoms with E-state index < -0.39 is 0 Å². The third-order valence-corrected chi connectivity index (χ3v) is 4.01. The summed E-state index contributed by atoms with van der Waals surface area (Å²) < 4.78 is 5.42. The van der Waals surface area contributed by atoms with Gasteiger partial charge in [-0.2, -0.15) is 0 Å². The monoisotopic (exact) mass is 388 g/mol. The van der Waals surface area contributed by atoms with Crippen LogP contribution in [-0.2, 0) is 9.59 Å². The minimum absolute atomic E-state index is 0.0445. The highest BCUT2D eigenvalue weighted by atomic mass is 35.5. The summed E-state index contributed by atoms with van der Waals surface area (Å²) in [4.78, 5) is 37.0. The number of halogens is 1. The molecule has 0 aliphatic rings. The Hall–Kier alpha value is -2.86. The predicted molar refractivity (Wildman–Crippen MR) is 104 cm³/mol. The van der Waals surface area contributed by atoms with E-state index in [1.54, 1.807) is 55.5 Å². The van der Waals surface area contributed by atoms with E-state index in [-0.39, 0.29) is 30.7 Å². The highest BCUT2D eigenvalue weighted by Gasteiger charge is 2.14. The summed E-state index contributed by atoms with van der Waals surface area (Å²) in [5.41, 5.74) is 1.16. The normalized spacial score (nSPS) is 10.2. The molecule has 1 N–H and O–H groups in total. The molecule has 2 aromatic carbocycles. The van der Waals surface area contributed by atoms with E-state index in [2.05, 4.69) is 5.32 Å². The van der Waals surface area contributed by atoms with E-state index in [0.29, 0.717) is 28.4 Å². The largest absolute Gasteiger partial charge is 0.484 e. The van der Waals surface area contributed by atoms with Crippen molar-refractivity contribution in [3.8, 4) is 5.75 Å². The van der Waals surface area contributed by atoms with Gasteiger partial charge in [0.15, 0.2) is 12.4 Å². The van der Waals surface area contributed by atoms with Gasteiger partial charge in [-0.25, -0.2) is 0 Å². The molecule has 0 heterocycles. The number of benzene rings is 2. The average molecular weight is 389 g/mol. The Balaban J connectivity index is 1.81. The Morgan fingerprint density at radius 3 is 2.44 bits per heavy atom. The summed E-state index contributed by atoms with van der Waals surface area (Å²) in [6.07, 6.45) is 0.431. The van der Waals surface area contributed by atoms with Crippen LogP contribution < -0.4 is 10.1 Å². The number of nitrogens with one attached hydrogen (secondary N) is 1. The molecule has 0 fully saturated rings. The molecule has 0 aromatic heterocycles. The fraction of sp³-hybridized carbons (Fsp3) is 0.250. The molecule has 2 rings (SSSR count). The zero-order valence-corrected chi connectivity index (χ0v) is 16.0. The first kappa shape index (κ1) is 20.5. The highest BCUT2D eigenvalue weighted by Crippen LogP contribution is 2.15. The third-order valence-electron chi connectivity index (χ3n) is 3.77. The number of anilines is 1. The summed E-state index contributed by atoms with van der Waals surface area (Å²) in [5, 5.41) is 3.19. The van der Waals surface area contributed by atoms with E-state index in [1.165, 1.54) is 11.9 Å². The van der Waals surface area contributed by atoms with Gasteiger partial charge in [0, 0.05) is 29.7 Å². The number of amides is 2. The van der Waals surface area contributed by atoms with Crippen LogP contribution >= 0.6 is 11.6 Å². The Bertz CT molecular complexity index is 821. The number of ketones is 1.